The molecule has 1 N–H and O–H groups in total. The lowest BCUT2D eigenvalue weighted by atomic mass is 10.0. The van der Waals surface area contributed by atoms with Crippen LogP contribution in [0, 0.1) is 11.6 Å². The van der Waals surface area contributed by atoms with E-state index in [0.29, 0.717) is 17.4 Å². The quantitative estimate of drug-likeness (QED) is 0.127. The topological polar surface area (TPSA) is 151 Å². The zero-order valence-corrected chi connectivity index (χ0v) is 32.7. The van der Waals surface area contributed by atoms with Gasteiger partial charge in [-0.05, 0) is 80.4 Å². The van der Waals surface area contributed by atoms with Crippen LogP contribution in [0.15, 0.2) is 77.7 Å². The van der Waals surface area contributed by atoms with Crippen LogP contribution in [0.4, 0.5) is 28.2 Å². The molecule has 0 bridgehead atoms. The number of aromatic nitrogens is 5. The highest BCUT2D eigenvalue weighted by Gasteiger charge is 2.32. The van der Waals surface area contributed by atoms with Crippen molar-refractivity contribution in [1.82, 2.24) is 29.6 Å². The molecule has 0 unspecified atom stereocenters. The number of carbonyl (C=O) groups excluding carboxylic acids is 1. The lowest BCUT2D eigenvalue weighted by Crippen LogP contribution is -2.39. The molecule has 1 amide bonds. The Labute approximate surface area is 328 Å². The number of nitrogens with one attached hydrogen (secondary N) is 1. The number of nitrogens with zero attached hydrogens (tertiary/aromatic N) is 6. The van der Waals surface area contributed by atoms with E-state index in [-0.39, 0.29) is 62.8 Å². The van der Waals surface area contributed by atoms with Crippen LogP contribution in [0.2, 0.25) is 5.02 Å². The van der Waals surface area contributed by atoms with Gasteiger partial charge in [-0.25, -0.2) is 45.0 Å². The number of carbonyl (C=O) groups is 1. The van der Waals surface area contributed by atoms with E-state index in [9.17, 15) is 35.6 Å². The Morgan fingerprint density at radius 3 is 2.32 bits per heavy atom. The Morgan fingerprint density at radius 1 is 1.02 bits per heavy atom. The normalized spacial score (nSPS) is 12.6. The van der Waals surface area contributed by atoms with E-state index in [2.05, 4.69) is 20.4 Å². The van der Waals surface area contributed by atoms with Crippen molar-refractivity contribution in [1.29, 1.82) is 0 Å². The number of hydrogen-bond acceptors (Lipinski definition) is 9. The van der Waals surface area contributed by atoms with E-state index < -0.39 is 57.9 Å². The van der Waals surface area contributed by atoms with E-state index in [1.165, 1.54) is 37.6 Å². The van der Waals surface area contributed by atoms with Crippen LogP contribution in [0.25, 0.3) is 27.6 Å². The molecular formula is C38H36ClF4N7O6S. The first-order valence-electron chi connectivity index (χ1n) is 17.2. The highest BCUT2D eigenvalue weighted by molar-refractivity contribution is 7.92. The number of alkyl halides is 2. The van der Waals surface area contributed by atoms with Gasteiger partial charge in [0, 0.05) is 18.7 Å². The van der Waals surface area contributed by atoms with Crippen molar-refractivity contribution in [2.24, 2.45) is 0 Å². The number of benzene rings is 3. The number of alkyl carbamates (subject to hydrolysis) is 1. The van der Waals surface area contributed by atoms with Crippen LogP contribution in [-0.4, -0.2) is 64.2 Å². The largest absolute Gasteiger partial charge is 0.497 e. The summed E-state index contributed by atoms with van der Waals surface area (Å²) in [6.45, 7) is 3.46. The van der Waals surface area contributed by atoms with Crippen LogP contribution in [0.1, 0.15) is 43.8 Å². The Kier molecular flexibility index (Phi) is 11.5. The van der Waals surface area contributed by atoms with Crippen molar-refractivity contribution in [2.75, 3.05) is 17.7 Å². The molecule has 3 aromatic carbocycles. The molecule has 1 atom stereocenters. The number of ether oxygens (including phenoxy) is 2. The summed E-state index contributed by atoms with van der Waals surface area (Å²) in [5, 5.41) is 6.77. The molecule has 0 aliphatic carbocycles. The third kappa shape index (κ3) is 9.12. The predicted octanol–water partition coefficient (Wildman–Crippen LogP) is 7.11. The molecule has 57 heavy (non-hydrogen) atoms. The molecule has 13 nitrogen and oxygen atoms in total. The third-order valence-corrected chi connectivity index (χ3v) is 9.93. The number of anilines is 1. The van der Waals surface area contributed by atoms with Crippen molar-refractivity contribution >= 4 is 55.5 Å². The molecule has 19 heteroatoms. The number of methoxy groups -OCH3 is 1. The second kappa shape index (κ2) is 16.0. The number of amides is 1. The highest BCUT2D eigenvalue weighted by Crippen LogP contribution is 2.39. The van der Waals surface area contributed by atoms with Gasteiger partial charge in [-0.1, -0.05) is 23.7 Å². The van der Waals surface area contributed by atoms with Crippen LogP contribution >= 0.6 is 11.6 Å². The summed E-state index contributed by atoms with van der Waals surface area (Å²) in [5.74, 6) is -1.90. The van der Waals surface area contributed by atoms with Gasteiger partial charge in [-0.2, -0.15) is 5.10 Å². The molecule has 0 aliphatic rings. The van der Waals surface area contributed by atoms with E-state index in [1.807, 2.05) is 0 Å². The predicted molar refractivity (Wildman–Crippen MR) is 206 cm³/mol. The Morgan fingerprint density at radius 2 is 1.70 bits per heavy atom. The maximum absolute atomic E-state index is 14.7. The molecule has 6 aromatic rings. The number of rotatable bonds is 12. The fraction of sp³-hybridized carbons (Fsp3) is 0.289. The summed E-state index contributed by atoms with van der Waals surface area (Å²) in [4.78, 5) is 36.9. The van der Waals surface area contributed by atoms with Crippen LogP contribution in [0.3, 0.4) is 0 Å². The highest BCUT2D eigenvalue weighted by atomic mass is 35.5. The van der Waals surface area contributed by atoms with Crippen molar-refractivity contribution in [3.63, 3.8) is 0 Å². The van der Waals surface area contributed by atoms with Gasteiger partial charge in [0.1, 0.15) is 35.4 Å². The van der Waals surface area contributed by atoms with Crippen LogP contribution in [0.5, 0.6) is 5.75 Å². The molecular weight excluding hydrogens is 794 g/mol. The molecule has 0 saturated heterocycles. The van der Waals surface area contributed by atoms with Gasteiger partial charge in [-0.3, -0.25) is 14.0 Å². The van der Waals surface area contributed by atoms with Gasteiger partial charge in [0.05, 0.1) is 53.0 Å². The number of sulfonamides is 1. The first-order valence-corrected chi connectivity index (χ1v) is 19.5. The number of hydrogen-bond donors (Lipinski definition) is 1. The molecule has 0 aliphatic heterocycles. The van der Waals surface area contributed by atoms with Crippen molar-refractivity contribution in [3.8, 4) is 11.4 Å². The molecule has 300 valence electrons. The number of fused-ring (bicyclic) bond motifs is 2. The van der Waals surface area contributed by atoms with Crippen molar-refractivity contribution in [2.45, 2.75) is 58.3 Å². The van der Waals surface area contributed by atoms with Gasteiger partial charge in [0.2, 0.25) is 10.0 Å². The average molecular weight is 830 g/mol. The standard InChI is InChI=1S/C38H36ClF4N7O6S/c1-38(2,3)56-37(52)45-28(17-22-15-23(40)18-24(41)16-22)34-46-33-26(7-6-14-44-33)36(51)50(34)29-13-12-27(39)31-32(29)48(20-30(42)43)47-35(31)49(57(5,53)54)19-21-8-10-25(55-4)11-9-21/h6-16,18,28,30H,17,19-20H2,1-5H3,(H,45,52)/t28-/m0/s1. The second-order valence-corrected chi connectivity index (χ2v) is 16.3. The van der Waals surface area contributed by atoms with Gasteiger partial charge in [-0.15, -0.1) is 0 Å². The molecule has 6 rings (SSSR count). The van der Waals surface area contributed by atoms with Crippen molar-refractivity contribution in [3.05, 3.63) is 117 Å². The monoisotopic (exact) mass is 829 g/mol. The van der Waals surface area contributed by atoms with E-state index in [0.717, 1.165) is 31.9 Å². The Bertz CT molecular complexity index is 2630. The smallest absolute Gasteiger partial charge is 0.408 e. The lowest BCUT2D eigenvalue weighted by Gasteiger charge is -2.26. The molecule has 0 spiro atoms. The van der Waals surface area contributed by atoms with Gasteiger partial charge in [0.15, 0.2) is 11.5 Å². The summed E-state index contributed by atoms with van der Waals surface area (Å²) in [5.41, 5.74) is -1.69. The Hall–Kier alpha value is -5.75. The first-order chi connectivity index (χ1) is 26.8. The summed E-state index contributed by atoms with van der Waals surface area (Å²) in [6, 6.07) is 13.3. The van der Waals surface area contributed by atoms with Gasteiger partial charge >= 0.3 is 6.09 Å². The summed E-state index contributed by atoms with van der Waals surface area (Å²) in [7, 11) is -2.73. The van der Waals surface area contributed by atoms with E-state index >= 15 is 0 Å². The molecule has 3 heterocycles. The number of halogens is 5. The van der Waals surface area contributed by atoms with E-state index in [4.69, 9.17) is 21.1 Å². The Balaban J connectivity index is 1.66. The third-order valence-electron chi connectivity index (χ3n) is 8.51. The zero-order chi connectivity index (χ0) is 41.4. The zero-order valence-electron chi connectivity index (χ0n) is 31.1. The minimum absolute atomic E-state index is 0.0328. The fourth-order valence-corrected chi connectivity index (χ4v) is 7.29. The minimum atomic E-state index is -4.19. The maximum atomic E-state index is 14.7. The average Bonchev–Trinajstić information content (AvgIpc) is 3.48. The number of pyridine rings is 1. The lowest BCUT2D eigenvalue weighted by molar-refractivity contribution is 0.0500. The molecule has 0 saturated carbocycles. The van der Waals surface area contributed by atoms with Crippen LogP contribution < -0.4 is 19.9 Å². The molecule has 0 radical (unpaired) electrons. The fourth-order valence-electron chi connectivity index (χ4n) is 6.23. The second-order valence-electron chi connectivity index (χ2n) is 14.0. The summed E-state index contributed by atoms with van der Waals surface area (Å²) in [6.07, 6.45) is -2.09. The van der Waals surface area contributed by atoms with Gasteiger partial charge in [0.25, 0.3) is 12.0 Å². The SMILES string of the molecule is COc1ccc(CN(c2nn(CC(F)F)c3c(-n4c([C@H](Cc5cc(F)cc(F)c5)NC(=O)OC(C)(C)C)nc5ncccc5c4=O)ccc(Cl)c23)S(C)(=O)=O)cc1. The molecule has 0 fully saturated rings. The minimum Gasteiger partial charge on any atom is -0.497 e. The first kappa shape index (κ1) is 40.9. The summed E-state index contributed by atoms with van der Waals surface area (Å²) >= 11 is 6.78. The van der Waals surface area contributed by atoms with Gasteiger partial charge < -0.3 is 14.8 Å². The van der Waals surface area contributed by atoms with E-state index in [1.54, 1.807) is 45.0 Å². The maximum Gasteiger partial charge on any atom is 0.408 e. The van der Waals surface area contributed by atoms with Crippen LogP contribution in [-0.2, 0) is 34.3 Å². The summed E-state index contributed by atoms with van der Waals surface area (Å²) < 4.78 is 98.1. The molecule has 3 aromatic heterocycles. The van der Waals surface area contributed by atoms with Crippen molar-refractivity contribution < 1.29 is 40.2 Å².